The van der Waals surface area contributed by atoms with Crippen molar-refractivity contribution in [1.29, 1.82) is 0 Å². The highest BCUT2D eigenvalue weighted by molar-refractivity contribution is 5.98. The number of unbranched alkanes of at least 4 members (excludes halogenated alkanes) is 2. The Kier molecular flexibility index (Phi) is 9.67. The second-order valence-corrected chi connectivity index (χ2v) is 9.44. The van der Waals surface area contributed by atoms with Gasteiger partial charge in [0.2, 0.25) is 0 Å². The average Bonchev–Trinajstić information content (AvgIpc) is 3.36. The Morgan fingerprint density at radius 3 is 2.58 bits per heavy atom. The number of imidazole rings is 1. The summed E-state index contributed by atoms with van der Waals surface area (Å²) in [5.41, 5.74) is 3.55. The Labute approximate surface area is 214 Å². The summed E-state index contributed by atoms with van der Waals surface area (Å²) in [5, 5.41) is 12.6. The molecule has 0 aliphatic carbocycles. The molecule has 1 aromatic heterocycles. The maximum Gasteiger partial charge on any atom is 0.275 e. The molecule has 0 spiro atoms. The van der Waals surface area contributed by atoms with Gasteiger partial charge in [0.15, 0.2) is 5.69 Å². The van der Waals surface area contributed by atoms with Gasteiger partial charge in [-0.05, 0) is 24.8 Å². The second-order valence-electron chi connectivity index (χ2n) is 9.44. The number of rotatable bonds is 12. The lowest BCUT2D eigenvalue weighted by atomic mass is 10.0. The molecule has 3 aromatic rings. The van der Waals surface area contributed by atoms with Gasteiger partial charge in [-0.3, -0.25) is 4.79 Å². The van der Waals surface area contributed by atoms with Gasteiger partial charge < -0.3 is 24.6 Å². The minimum absolute atomic E-state index is 0.0218. The number of nitrogens with one attached hydrogen (secondary N) is 1. The molecule has 2 atom stereocenters. The molecular formula is C29H38N4O3. The van der Waals surface area contributed by atoms with Crippen LogP contribution in [0.5, 0.6) is 0 Å². The lowest BCUT2D eigenvalue weighted by molar-refractivity contribution is 0.0631. The molecule has 0 saturated carbocycles. The number of methoxy groups -OCH3 is 1. The van der Waals surface area contributed by atoms with E-state index in [1.165, 1.54) is 5.56 Å². The molecule has 2 heterocycles. The van der Waals surface area contributed by atoms with E-state index in [0.29, 0.717) is 18.8 Å². The first-order chi connectivity index (χ1) is 17.7. The molecule has 7 heteroatoms. The standard InChI is InChI=1S/C29H38N4O3/c1-36-21-25(15-9-4-10-18-34)33-22-31-27(28(33)24-13-7-3-8-14-24)29(35)32-17-16-30-20-26(32)19-23-11-5-2-6-12-23/h2-3,5-8,11-14,22,25-26,30,34H,4,9-10,15-21H2,1H3/t25-,26-/m1/s1. The monoisotopic (exact) mass is 490 g/mol. The molecule has 2 N–H and O–H groups in total. The molecule has 4 rings (SSSR count). The number of nitrogens with zero attached hydrogens (tertiary/aromatic N) is 3. The maximum atomic E-state index is 14.1. The fourth-order valence-corrected chi connectivity index (χ4v) is 5.07. The molecule has 1 aliphatic rings. The van der Waals surface area contributed by atoms with Crippen LogP contribution in [0.25, 0.3) is 11.3 Å². The Balaban J connectivity index is 1.65. The number of aliphatic hydroxyl groups excluding tert-OH is 1. The number of hydrogen-bond acceptors (Lipinski definition) is 5. The summed E-state index contributed by atoms with van der Waals surface area (Å²) in [7, 11) is 1.71. The fraction of sp³-hybridized carbons (Fsp3) is 0.448. The molecule has 0 bridgehead atoms. The van der Waals surface area contributed by atoms with Gasteiger partial charge >= 0.3 is 0 Å². The van der Waals surface area contributed by atoms with Crippen molar-refractivity contribution in [1.82, 2.24) is 19.8 Å². The van der Waals surface area contributed by atoms with E-state index in [9.17, 15) is 4.79 Å². The van der Waals surface area contributed by atoms with E-state index >= 15 is 0 Å². The van der Waals surface area contributed by atoms with Gasteiger partial charge in [0, 0.05) is 45.0 Å². The summed E-state index contributed by atoms with van der Waals surface area (Å²) in [6.07, 6.45) is 6.23. The van der Waals surface area contributed by atoms with Crippen molar-refractivity contribution in [2.24, 2.45) is 0 Å². The maximum absolute atomic E-state index is 14.1. The lowest BCUT2D eigenvalue weighted by Gasteiger charge is -2.36. The minimum Gasteiger partial charge on any atom is -0.396 e. The number of aliphatic hydroxyl groups is 1. The molecular weight excluding hydrogens is 452 g/mol. The van der Waals surface area contributed by atoms with Crippen LogP contribution in [0.15, 0.2) is 67.0 Å². The van der Waals surface area contributed by atoms with Crippen LogP contribution in [0, 0.1) is 0 Å². The number of piperazine rings is 1. The van der Waals surface area contributed by atoms with Gasteiger partial charge in [-0.25, -0.2) is 4.98 Å². The zero-order valence-corrected chi connectivity index (χ0v) is 21.2. The molecule has 192 valence electrons. The quantitative estimate of drug-likeness (QED) is 0.376. The van der Waals surface area contributed by atoms with Gasteiger partial charge in [-0.15, -0.1) is 0 Å². The number of aromatic nitrogens is 2. The van der Waals surface area contributed by atoms with Crippen molar-refractivity contribution in [2.45, 2.75) is 44.2 Å². The van der Waals surface area contributed by atoms with Gasteiger partial charge in [-0.1, -0.05) is 73.5 Å². The van der Waals surface area contributed by atoms with Crippen molar-refractivity contribution in [3.63, 3.8) is 0 Å². The molecule has 1 fully saturated rings. The van der Waals surface area contributed by atoms with Gasteiger partial charge in [0.1, 0.15) is 0 Å². The highest BCUT2D eigenvalue weighted by Gasteiger charge is 2.32. The number of benzene rings is 2. The molecule has 1 amide bonds. The van der Waals surface area contributed by atoms with Crippen LogP contribution in [0.1, 0.15) is 47.8 Å². The summed E-state index contributed by atoms with van der Waals surface area (Å²) in [5.74, 6) is -0.0218. The van der Waals surface area contributed by atoms with Crippen LogP contribution in [0.2, 0.25) is 0 Å². The van der Waals surface area contributed by atoms with Gasteiger partial charge in [0.05, 0.1) is 24.7 Å². The highest BCUT2D eigenvalue weighted by atomic mass is 16.5. The zero-order chi connectivity index (χ0) is 25.2. The van der Waals surface area contributed by atoms with E-state index in [2.05, 4.69) is 22.0 Å². The Morgan fingerprint density at radius 1 is 1.11 bits per heavy atom. The van der Waals surface area contributed by atoms with E-state index in [1.807, 2.05) is 53.4 Å². The molecule has 0 unspecified atom stereocenters. The predicted octanol–water partition coefficient (Wildman–Crippen LogP) is 3.95. The van der Waals surface area contributed by atoms with Gasteiger partial charge in [0.25, 0.3) is 5.91 Å². The zero-order valence-electron chi connectivity index (χ0n) is 21.2. The summed E-state index contributed by atoms with van der Waals surface area (Å²) in [4.78, 5) is 20.8. The molecule has 36 heavy (non-hydrogen) atoms. The molecule has 1 saturated heterocycles. The Hall–Kier alpha value is -3.00. The number of hydrogen-bond donors (Lipinski definition) is 2. The van der Waals surface area contributed by atoms with Crippen molar-refractivity contribution >= 4 is 5.91 Å². The first kappa shape index (κ1) is 26.1. The molecule has 0 radical (unpaired) electrons. The van der Waals surface area contributed by atoms with Crippen molar-refractivity contribution in [3.05, 3.63) is 78.2 Å². The first-order valence-electron chi connectivity index (χ1n) is 13.0. The minimum atomic E-state index is -0.0218. The topological polar surface area (TPSA) is 79.6 Å². The number of carbonyl (C=O) groups is 1. The average molecular weight is 491 g/mol. The molecule has 2 aromatic carbocycles. The largest absolute Gasteiger partial charge is 0.396 e. The van der Waals surface area contributed by atoms with Crippen LogP contribution >= 0.6 is 0 Å². The third-order valence-electron chi connectivity index (χ3n) is 6.92. The smallest absolute Gasteiger partial charge is 0.275 e. The van der Waals surface area contributed by atoms with E-state index < -0.39 is 0 Å². The first-order valence-corrected chi connectivity index (χ1v) is 13.0. The summed E-state index contributed by atoms with van der Waals surface area (Å²) >= 11 is 0. The van der Waals surface area contributed by atoms with E-state index in [0.717, 1.165) is 56.5 Å². The third kappa shape index (κ3) is 6.40. The SMILES string of the molecule is COC[C@@H](CCCCCO)n1cnc(C(=O)N2CCNC[C@H]2Cc2ccccc2)c1-c1ccccc1. The summed E-state index contributed by atoms with van der Waals surface area (Å²) in [6.45, 7) is 2.94. The second kappa shape index (κ2) is 13.3. The van der Waals surface area contributed by atoms with Crippen LogP contribution in [-0.4, -0.2) is 71.5 Å². The van der Waals surface area contributed by atoms with E-state index in [1.54, 1.807) is 13.4 Å². The normalized spacial score (nSPS) is 16.7. The van der Waals surface area contributed by atoms with Gasteiger partial charge in [-0.2, -0.15) is 0 Å². The fourth-order valence-electron chi connectivity index (χ4n) is 5.07. The van der Waals surface area contributed by atoms with Crippen LogP contribution in [0.3, 0.4) is 0 Å². The van der Waals surface area contributed by atoms with Crippen LogP contribution in [-0.2, 0) is 11.2 Å². The van der Waals surface area contributed by atoms with Crippen molar-refractivity contribution in [2.75, 3.05) is 40.0 Å². The van der Waals surface area contributed by atoms with E-state index in [-0.39, 0.29) is 24.6 Å². The van der Waals surface area contributed by atoms with Crippen molar-refractivity contribution in [3.8, 4) is 11.3 Å². The summed E-state index contributed by atoms with van der Waals surface area (Å²) < 4.78 is 7.70. The molecule has 7 nitrogen and oxygen atoms in total. The van der Waals surface area contributed by atoms with E-state index in [4.69, 9.17) is 14.8 Å². The predicted molar refractivity (Wildman–Crippen MR) is 142 cm³/mol. The van der Waals surface area contributed by atoms with Crippen LogP contribution in [0.4, 0.5) is 0 Å². The number of ether oxygens (including phenoxy) is 1. The Morgan fingerprint density at radius 2 is 1.86 bits per heavy atom. The van der Waals surface area contributed by atoms with Crippen LogP contribution < -0.4 is 5.32 Å². The Bertz CT molecular complexity index is 1070. The summed E-state index contributed by atoms with van der Waals surface area (Å²) in [6, 6.07) is 20.5. The van der Waals surface area contributed by atoms with Crippen molar-refractivity contribution < 1.29 is 14.6 Å². The number of carbonyl (C=O) groups excluding carboxylic acids is 1. The molecule has 1 aliphatic heterocycles. The highest BCUT2D eigenvalue weighted by Crippen LogP contribution is 2.30. The third-order valence-corrected chi connectivity index (χ3v) is 6.92. The lowest BCUT2D eigenvalue weighted by Crippen LogP contribution is -2.54. The number of amides is 1.